The number of hydrogen-bond donors (Lipinski definition) is 1. The standard InChI is InChI=1S/C30H43NO3Si/c1-33-28(32)29-13-16-30(17-14-29,18-15-29)31-21-22-5-6-24-20-26(8-7-23(24)19-22)34-25-9-11-27(12-10-25)35(2,3)4/h5-8,19-20,25,27,31H,9-18,21H2,1-4H3/t25-,27-,29?,30?. The zero-order valence-electron chi connectivity index (χ0n) is 22.1. The molecule has 0 unspecified atom stereocenters. The lowest BCUT2D eigenvalue weighted by molar-refractivity contribution is -0.160. The molecule has 2 aromatic carbocycles. The van der Waals surface area contributed by atoms with Gasteiger partial charge in [0.25, 0.3) is 0 Å². The van der Waals surface area contributed by atoms with Crippen molar-refractivity contribution >= 4 is 24.8 Å². The number of fused-ring (bicyclic) bond motifs is 4. The fourth-order valence-electron chi connectivity index (χ4n) is 6.96. The van der Waals surface area contributed by atoms with Gasteiger partial charge in [-0.1, -0.05) is 37.8 Å². The van der Waals surface area contributed by atoms with E-state index in [-0.39, 0.29) is 16.9 Å². The Kier molecular flexibility index (Phi) is 6.77. The smallest absolute Gasteiger partial charge is 0.311 e. The predicted octanol–water partition coefficient (Wildman–Crippen LogP) is 7.23. The lowest BCUT2D eigenvalue weighted by Gasteiger charge is -2.52. The average Bonchev–Trinajstić information content (AvgIpc) is 2.88. The summed E-state index contributed by atoms with van der Waals surface area (Å²) in [6, 6.07) is 13.4. The Morgan fingerprint density at radius 2 is 1.54 bits per heavy atom. The first-order valence-corrected chi connectivity index (χ1v) is 17.3. The van der Waals surface area contributed by atoms with Crippen molar-refractivity contribution in [2.75, 3.05) is 7.11 Å². The third-order valence-corrected chi connectivity index (χ3v) is 12.6. The van der Waals surface area contributed by atoms with Gasteiger partial charge in [0.1, 0.15) is 5.75 Å². The molecule has 2 aromatic rings. The molecule has 6 rings (SSSR count). The molecule has 0 heterocycles. The highest BCUT2D eigenvalue weighted by Crippen LogP contribution is 2.53. The van der Waals surface area contributed by atoms with Crippen LogP contribution in [-0.4, -0.2) is 32.8 Å². The molecule has 0 radical (unpaired) electrons. The van der Waals surface area contributed by atoms with Crippen LogP contribution in [0.3, 0.4) is 0 Å². The molecular formula is C30H43NO3Si. The number of nitrogens with one attached hydrogen (secondary N) is 1. The third-order valence-electron chi connectivity index (χ3n) is 9.61. The molecule has 0 aliphatic heterocycles. The maximum atomic E-state index is 12.3. The van der Waals surface area contributed by atoms with Crippen LogP contribution in [0.4, 0.5) is 0 Å². The Labute approximate surface area is 212 Å². The van der Waals surface area contributed by atoms with Crippen LogP contribution in [0.15, 0.2) is 36.4 Å². The minimum absolute atomic E-state index is 0.00271. The second-order valence-corrected chi connectivity index (χ2v) is 18.3. The van der Waals surface area contributed by atoms with E-state index in [0.717, 1.165) is 56.4 Å². The second kappa shape index (κ2) is 9.55. The maximum absolute atomic E-state index is 12.3. The van der Waals surface area contributed by atoms with Crippen molar-refractivity contribution in [3.8, 4) is 5.75 Å². The summed E-state index contributed by atoms with van der Waals surface area (Å²) in [6.07, 6.45) is 11.5. The Balaban J connectivity index is 1.17. The van der Waals surface area contributed by atoms with E-state index in [1.807, 2.05) is 0 Å². The number of hydrogen-bond acceptors (Lipinski definition) is 4. The number of carbonyl (C=O) groups is 1. The molecule has 0 amide bonds. The highest BCUT2D eigenvalue weighted by Gasteiger charge is 2.52. The molecule has 4 aliphatic carbocycles. The largest absolute Gasteiger partial charge is 0.490 e. The first-order chi connectivity index (χ1) is 16.7. The number of carbonyl (C=O) groups excluding carboxylic acids is 1. The van der Waals surface area contributed by atoms with Crippen LogP contribution in [0.2, 0.25) is 25.2 Å². The van der Waals surface area contributed by atoms with Gasteiger partial charge >= 0.3 is 5.97 Å². The monoisotopic (exact) mass is 493 g/mol. The van der Waals surface area contributed by atoms with E-state index in [1.54, 1.807) is 0 Å². The number of rotatable bonds is 7. The zero-order valence-corrected chi connectivity index (χ0v) is 23.1. The number of ether oxygens (including phenoxy) is 2. The quantitative estimate of drug-likeness (QED) is 0.327. The van der Waals surface area contributed by atoms with Crippen LogP contribution in [-0.2, 0) is 16.1 Å². The van der Waals surface area contributed by atoms with E-state index in [9.17, 15) is 4.79 Å². The molecule has 2 bridgehead atoms. The summed E-state index contributed by atoms with van der Waals surface area (Å²) in [5.41, 5.74) is 2.23. The Morgan fingerprint density at radius 3 is 2.17 bits per heavy atom. The topological polar surface area (TPSA) is 47.6 Å². The molecular weight excluding hydrogens is 450 g/mol. The van der Waals surface area contributed by atoms with Crippen LogP contribution < -0.4 is 10.1 Å². The van der Waals surface area contributed by atoms with Crippen molar-refractivity contribution in [3.63, 3.8) is 0 Å². The highest BCUT2D eigenvalue weighted by atomic mass is 28.3. The van der Waals surface area contributed by atoms with E-state index in [0.29, 0.717) is 6.10 Å². The minimum atomic E-state index is -1.03. The van der Waals surface area contributed by atoms with E-state index in [4.69, 9.17) is 9.47 Å². The third kappa shape index (κ3) is 5.17. The van der Waals surface area contributed by atoms with Crippen molar-refractivity contribution in [3.05, 3.63) is 42.0 Å². The minimum Gasteiger partial charge on any atom is -0.490 e. The van der Waals surface area contributed by atoms with E-state index in [1.165, 1.54) is 49.1 Å². The Hall–Kier alpha value is -1.85. The molecule has 4 aliphatic rings. The summed E-state index contributed by atoms with van der Waals surface area (Å²) in [6.45, 7) is 8.39. The number of esters is 1. The summed E-state index contributed by atoms with van der Waals surface area (Å²) in [5.74, 6) is 1.01. The first-order valence-electron chi connectivity index (χ1n) is 13.7. The lowest BCUT2D eigenvalue weighted by Crippen LogP contribution is -2.56. The molecule has 190 valence electrons. The van der Waals surface area contributed by atoms with Crippen molar-refractivity contribution in [1.29, 1.82) is 0 Å². The molecule has 1 N–H and O–H groups in total. The molecule has 4 nitrogen and oxygen atoms in total. The van der Waals surface area contributed by atoms with E-state index in [2.05, 4.69) is 61.4 Å². The molecule has 0 aromatic heterocycles. The van der Waals surface area contributed by atoms with Crippen LogP contribution in [0, 0.1) is 5.41 Å². The fraction of sp³-hybridized carbons (Fsp3) is 0.633. The zero-order chi connectivity index (χ0) is 24.7. The highest BCUT2D eigenvalue weighted by molar-refractivity contribution is 6.77. The average molecular weight is 494 g/mol. The van der Waals surface area contributed by atoms with Gasteiger partial charge in [-0.15, -0.1) is 0 Å². The molecule has 0 spiro atoms. The second-order valence-electron chi connectivity index (χ2n) is 12.7. The van der Waals surface area contributed by atoms with Gasteiger partial charge in [0.15, 0.2) is 0 Å². The fourth-order valence-corrected chi connectivity index (χ4v) is 9.02. The number of methoxy groups -OCH3 is 1. The van der Waals surface area contributed by atoms with Crippen molar-refractivity contribution in [2.45, 2.75) is 108 Å². The van der Waals surface area contributed by atoms with E-state index >= 15 is 0 Å². The van der Waals surface area contributed by atoms with Crippen molar-refractivity contribution in [2.24, 2.45) is 5.41 Å². The van der Waals surface area contributed by atoms with Gasteiger partial charge < -0.3 is 14.8 Å². The van der Waals surface area contributed by atoms with Gasteiger partial charge in [-0.05, 0) is 104 Å². The normalized spacial score (nSPS) is 30.9. The van der Waals surface area contributed by atoms with Gasteiger partial charge in [0, 0.05) is 20.2 Å². The van der Waals surface area contributed by atoms with Crippen LogP contribution in [0.25, 0.3) is 10.8 Å². The molecule has 4 saturated carbocycles. The molecule has 5 heteroatoms. The Morgan fingerprint density at radius 1 is 0.914 bits per heavy atom. The molecule has 35 heavy (non-hydrogen) atoms. The summed E-state index contributed by atoms with van der Waals surface area (Å²) in [5, 5.41) is 6.40. The van der Waals surface area contributed by atoms with Gasteiger partial charge in [0.05, 0.1) is 18.6 Å². The summed E-state index contributed by atoms with van der Waals surface area (Å²) >= 11 is 0. The van der Waals surface area contributed by atoms with Gasteiger partial charge in [-0.3, -0.25) is 4.79 Å². The summed E-state index contributed by atoms with van der Waals surface area (Å²) in [7, 11) is 0.496. The molecule has 4 fully saturated rings. The van der Waals surface area contributed by atoms with E-state index < -0.39 is 8.07 Å². The lowest BCUT2D eigenvalue weighted by atomic mass is 9.57. The SMILES string of the molecule is COC(=O)C12CCC(NCc3ccc4cc(O[C@H]5CC[C@H]([Si](C)(C)C)CC5)ccc4c3)(CC1)CC2. The van der Waals surface area contributed by atoms with Gasteiger partial charge in [-0.25, -0.2) is 0 Å². The van der Waals surface area contributed by atoms with Gasteiger partial charge in [-0.2, -0.15) is 0 Å². The van der Waals surface area contributed by atoms with Crippen LogP contribution in [0.5, 0.6) is 5.75 Å². The van der Waals surface area contributed by atoms with Crippen molar-refractivity contribution < 1.29 is 14.3 Å². The van der Waals surface area contributed by atoms with Crippen LogP contribution in [0.1, 0.15) is 69.8 Å². The van der Waals surface area contributed by atoms with Crippen LogP contribution >= 0.6 is 0 Å². The number of benzene rings is 2. The predicted molar refractivity (Wildman–Crippen MR) is 146 cm³/mol. The molecule has 0 atom stereocenters. The van der Waals surface area contributed by atoms with Gasteiger partial charge in [0.2, 0.25) is 0 Å². The molecule has 0 saturated heterocycles. The first kappa shape index (κ1) is 24.8. The van der Waals surface area contributed by atoms with Crippen molar-refractivity contribution in [1.82, 2.24) is 5.32 Å². The summed E-state index contributed by atoms with van der Waals surface area (Å²) in [4.78, 5) is 12.3. The maximum Gasteiger partial charge on any atom is 0.311 e. The summed E-state index contributed by atoms with van der Waals surface area (Å²) < 4.78 is 11.5. The Bertz CT molecular complexity index is 1040.